The molecule has 1 atom stereocenters. The predicted molar refractivity (Wildman–Crippen MR) is 50.4 cm³/mol. The molecule has 4 heteroatoms. The maximum atomic E-state index is 5.78. The highest BCUT2D eigenvalue weighted by atomic mass is 15.2. The van der Waals surface area contributed by atoms with Crippen molar-refractivity contribution in [2.45, 2.75) is 12.6 Å². The minimum atomic E-state index is -0.722. The molecular weight excluding hydrogens is 164 g/mol. The third-order valence-electron chi connectivity index (χ3n) is 1.77. The standard InChI is InChI=1S/C9H10N4/c1-9(10)5-4-7-8(12-13-9)3-2-6-11-7/h2-6H,10H2,1H3. The molecule has 1 aromatic heterocycles. The zero-order valence-corrected chi connectivity index (χ0v) is 7.31. The average Bonchev–Trinajstić information content (AvgIpc) is 2.27. The number of azo groups is 1. The van der Waals surface area contributed by atoms with Gasteiger partial charge in [-0.05, 0) is 31.2 Å². The van der Waals surface area contributed by atoms with Crippen LogP contribution in [0.3, 0.4) is 0 Å². The van der Waals surface area contributed by atoms with E-state index in [2.05, 4.69) is 15.2 Å². The first-order valence-electron chi connectivity index (χ1n) is 4.03. The minimum absolute atomic E-state index is 0.722. The largest absolute Gasteiger partial charge is 0.303 e. The van der Waals surface area contributed by atoms with Gasteiger partial charge in [-0.25, -0.2) is 0 Å². The van der Waals surface area contributed by atoms with E-state index in [-0.39, 0.29) is 0 Å². The number of nitrogens with two attached hydrogens (primary N) is 1. The number of rotatable bonds is 0. The van der Waals surface area contributed by atoms with Crippen LogP contribution in [0.2, 0.25) is 0 Å². The summed E-state index contributed by atoms with van der Waals surface area (Å²) in [5, 5.41) is 7.99. The van der Waals surface area contributed by atoms with Gasteiger partial charge in [-0.1, -0.05) is 0 Å². The van der Waals surface area contributed by atoms with E-state index in [0.717, 1.165) is 11.4 Å². The third-order valence-corrected chi connectivity index (χ3v) is 1.77. The van der Waals surface area contributed by atoms with Crippen LogP contribution in [0, 0.1) is 0 Å². The van der Waals surface area contributed by atoms with Gasteiger partial charge >= 0.3 is 0 Å². The Hall–Kier alpha value is -1.55. The summed E-state index contributed by atoms with van der Waals surface area (Å²) in [6.07, 6.45) is 5.35. The van der Waals surface area contributed by atoms with Gasteiger partial charge in [0, 0.05) is 6.20 Å². The van der Waals surface area contributed by atoms with Crippen molar-refractivity contribution in [3.63, 3.8) is 0 Å². The Kier molecular flexibility index (Phi) is 1.70. The highest BCUT2D eigenvalue weighted by Gasteiger charge is 2.15. The van der Waals surface area contributed by atoms with Crippen molar-refractivity contribution in [2.75, 3.05) is 0 Å². The Morgan fingerprint density at radius 1 is 1.46 bits per heavy atom. The molecule has 1 aliphatic rings. The lowest BCUT2D eigenvalue weighted by molar-refractivity contribution is 0.591. The molecule has 1 unspecified atom stereocenters. The molecule has 0 bridgehead atoms. The maximum absolute atomic E-state index is 5.78. The molecule has 0 fully saturated rings. The number of pyridine rings is 1. The Balaban J connectivity index is 2.53. The Bertz CT molecular complexity index is 344. The van der Waals surface area contributed by atoms with Crippen LogP contribution in [-0.4, -0.2) is 10.6 Å². The van der Waals surface area contributed by atoms with E-state index in [1.807, 2.05) is 18.2 Å². The molecule has 66 valence electrons. The fraction of sp³-hybridized carbons (Fsp3) is 0.222. The molecule has 0 radical (unpaired) electrons. The molecule has 0 spiro atoms. The topological polar surface area (TPSA) is 63.6 Å². The van der Waals surface area contributed by atoms with Crippen LogP contribution in [0.15, 0.2) is 34.6 Å². The maximum Gasteiger partial charge on any atom is 0.145 e. The lowest BCUT2D eigenvalue weighted by atomic mass is 10.2. The monoisotopic (exact) mass is 174 g/mol. The van der Waals surface area contributed by atoms with Crippen LogP contribution in [0.25, 0.3) is 6.08 Å². The van der Waals surface area contributed by atoms with Crippen molar-refractivity contribution in [3.05, 3.63) is 30.1 Å². The number of nitrogens with zero attached hydrogens (tertiary/aromatic N) is 3. The fourth-order valence-electron chi connectivity index (χ4n) is 1.06. The van der Waals surface area contributed by atoms with Crippen molar-refractivity contribution >= 4 is 11.8 Å². The highest BCUT2D eigenvalue weighted by Crippen LogP contribution is 2.23. The second-order valence-corrected chi connectivity index (χ2v) is 3.17. The summed E-state index contributed by atoms with van der Waals surface area (Å²) in [5.41, 5.74) is 6.62. The van der Waals surface area contributed by atoms with Crippen LogP contribution >= 0.6 is 0 Å². The zero-order chi connectivity index (χ0) is 9.31. The van der Waals surface area contributed by atoms with E-state index in [1.54, 1.807) is 19.2 Å². The normalized spacial score (nSPS) is 25.4. The first-order valence-corrected chi connectivity index (χ1v) is 4.03. The molecule has 1 aliphatic heterocycles. The van der Waals surface area contributed by atoms with Crippen molar-refractivity contribution in [2.24, 2.45) is 16.0 Å². The molecule has 1 aromatic rings. The number of aromatic nitrogens is 1. The van der Waals surface area contributed by atoms with E-state index in [0.29, 0.717) is 0 Å². The molecule has 4 nitrogen and oxygen atoms in total. The average molecular weight is 174 g/mol. The van der Waals surface area contributed by atoms with E-state index in [1.165, 1.54) is 0 Å². The second-order valence-electron chi connectivity index (χ2n) is 3.17. The summed E-state index contributed by atoms with van der Waals surface area (Å²) < 4.78 is 0. The summed E-state index contributed by atoms with van der Waals surface area (Å²) in [7, 11) is 0. The summed E-state index contributed by atoms with van der Waals surface area (Å²) in [5.74, 6) is 0. The van der Waals surface area contributed by atoms with E-state index in [9.17, 15) is 0 Å². The van der Waals surface area contributed by atoms with Gasteiger partial charge in [-0.15, -0.1) is 0 Å². The number of hydrogen-bond acceptors (Lipinski definition) is 4. The van der Waals surface area contributed by atoms with E-state index >= 15 is 0 Å². The smallest absolute Gasteiger partial charge is 0.145 e. The van der Waals surface area contributed by atoms with Crippen molar-refractivity contribution in [1.29, 1.82) is 0 Å². The van der Waals surface area contributed by atoms with Crippen LogP contribution < -0.4 is 5.73 Å². The lowest BCUT2D eigenvalue weighted by Crippen LogP contribution is -2.29. The SMILES string of the molecule is CC1(N)C=Cc2ncccc2N=N1. The summed E-state index contributed by atoms with van der Waals surface area (Å²) in [4.78, 5) is 4.15. The van der Waals surface area contributed by atoms with Crippen LogP contribution in [0.5, 0.6) is 0 Å². The number of hydrogen-bond donors (Lipinski definition) is 1. The molecule has 2 heterocycles. The molecule has 0 aromatic carbocycles. The highest BCUT2D eigenvalue weighted by molar-refractivity contribution is 5.61. The van der Waals surface area contributed by atoms with Gasteiger partial charge in [0.25, 0.3) is 0 Å². The molecule has 2 N–H and O–H groups in total. The van der Waals surface area contributed by atoms with Crippen molar-refractivity contribution in [3.8, 4) is 0 Å². The van der Waals surface area contributed by atoms with Crippen molar-refractivity contribution < 1.29 is 0 Å². The lowest BCUT2D eigenvalue weighted by Gasteiger charge is -2.09. The molecule has 2 rings (SSSR count). The minimum Gasteiger partial charge on any atom is -0.303 e. The van der Waals surface area contributed by atoms with Gasteiger partial charge in [-0.2, -0.15) is 10.2 Å². The van der Waals surface area contributed by atoms with E-state index < -0.39 is 5.66 Å². The molecule has 0 amide bonds. The van der Waals surface area contributed by atoms with Gasteiger partial charge in [0.2, 0.25) is 0 Å². The van der Waals surface area contributed by atoms with Crippen molar-refractivity contribution in [1.82, 2.24) is 4.98 Å². The quantitative estimate of drug-likeness (QED) is 0.652. The van der Waals surface area contributed by atoms with Gasteiger partial charge in [0.1, 0.15) is 11.4 Å². The van der Waals surface area contributed by atoms with Crippen LogP contribution in [-0.2, 0) is 0 Å². The fourth-order valence-corrected chi connectivity index (χ4v) is 1.06. The molecule has 0 saturated heterocycles. The Labute approximate surface area is 76.2 Å². The number of fused-ring (bicyclic) bond motifs is 1. The van der Waals surface area contributed by atoms with Gasteiger partial charge in [0.15, 0.2) is 0 Å². The summed E-state index contributed by atoms with van der Waals surface area (Å²) >= 11 is 0. The van der Waals surface area contributed by atoms with E-state index in [4.69, 9.17) is 5.73 Å². The molecular formula is C9H10N4. The third kappa shape index (κ3) is 1.62. The molecule has 0 aliphatic carbocycles. The second kappa shape index (κ2) is 2.74. The van der Waals surface area contributed by atoms with Gasteiger partial charge in [-0.3, -0.25) is 4.98 Å². The van der Waals surface area contributed by atoms with Gasteiger partial charge in [0.05, 0.1) is 5.69 Å². The summed E-state index contributed by atoms with van der Waals surface area (Å²) in [6, 6.07) is 3.68. The molecule has 0 saturated carbocycles. The predicted octanol–water partition coefficient (Wildman–Crippen LogP) is 1.87. The molecule has 13 heavy (non-hydrogen) atoms. The van der Waals surface area contributed by atoms with Crippen LogP contribution in [0.4, 0.5) is 5.69 Å². The zero-order valence-electron chi connectivity index (χ0n) is 7.31. The van der Waals surface area contributed by atoms with Crippen LogP contribution in [0.1, 0.15) is 12.6 Å². The Morgan fingerprint density at radius 2 is 2.31 bits per heavy atom. The van der Waals surface area contributed by atoms with Gasteiger partial charge < -0.3 is 5.73 Å². The summed E-state index contributed by atoms with van der Waals surface area (Å²) in [6.45, 7) is 1.79. The first kappa shape index (κ1) is 8.07. The Morgan fingerprint density at radius 3 is 3.15 bits per heavy atom. The first-order chi connectivity index (χ1) is 6.17.